The molecule has 0 aromatic heterocycles. The highest BCUT2D eigenvalue weighted by molar-refractivity contribution is 5.81. The van der Waals surface area contributed by atoms with Crippen LogP contribution in [0.25, 0.3) is 0 Å². The summed E-state index contributed by atoms with van der Waals surface area (Å²) in [6.45, 7) is 7.17. The maximum atomic E-state index is 11.8. The second-order valence-corrected chi connectivity index (χ2v) is 5.82. The number of rotatable bonds is 5. The monoisotopic (exact) mass is 242 g/mol. The molecule has 4 nitrogen and oxygen atoms in total. The summed E-state index contributed by atoms with van der Waals surface area (Å²) >= 11 is 0. The van der Waals surface area contributed by atoms with Crippen LogP contribution in [0.2, 0.25) is 0 Å². The molecule has 1 heterocycles. The highest BCUT2D eigenvalue weighted by Gasteiger charge is 2.25. The molecule has 1 aliphatic rings. The maximum absolute atomic E-state index is 11.8. The van der Waals surface area contributed by atoms with Gasteiger partial charge in [0.15, 0.2) is 0 Å². The molecule has 1 fully saturated rings. The van der Waals surface area contributed by atoms with E-state index in [9.17, 15) is 9.90 Å². The lowest BCUT2D eigenvalue weighted by Gasteiger charge is -2.28. The molecule has 100 valence electrons. The average Bonchev–Trinajstić information content (AvgIpc) is 2.25. The van der Waals surface area contributed by atoms with Crippen LogP contribution < -0.4 is 10.6 Å². The van der Waals surface area contributed by atoms with Gasteiger partial charge in [-0.05, 0) is 38.6 Å². The van der Waals surface area contributed by atoms with Crippen molar-refractivity contribution in [3.63, 3.8) is 0 Å². The van der Waals surface area contributed by atoms with Crippen LogP contribution in [0, 0.1) is 5.92 Å². The standard InChI is InChI=1S/C13H26N2O2/c1-10(2)8-13(3,17)9-15-12(16)11-6-4-5-7-14-11/h10-11,14,17H,4-9H2,1-3H3,(H,15,16). The van der Waals surface area contributed by atoms with E-state index in [1.54, 1.807) is 6.92 Å². The minimum Gasteiger partial charge on any atom is -0.388 e. The van der Waals surface area contributed by atoms with Gasteiger partial charge in [0, 0.05) is 6.54 Å². The number of carbonyl (C=O) groups excluding carboxylic acids is 1. The van der Waals surface area contributed by atoms with Crippen LogP contribution in [0.1, 0.15) is 46.5 Å². The van der Waals surface area contributed by atoms with E-state index in [1.807, 2.05) is 0 Å². The van der Waals surface area contributed by atoms with E-state index in [1.165, 1.54) is 0 Å². The smallest absolute Gasteiger partial charge is 0.237 e. The molecule has 0 aromatic carbocycles. The average molecular weight is 242 g/mol. The van der Waals surface area contributed by atoms with Crippen LogP contribution in [0.3, 0.4) is 0 Å². The summed E-state index contributed by atoms with van der Waals surface area (Å²) < 4.78 is 0. The molecular formula is C13H26N2O2. The fourth-order valence-corrected chi connectivity index (χ4v) is 2.43. The Kier molecular flexibility index (Phi) is 5.40. The second kappa shape index (κ2) is 6.36. The van der Waals surface area contributed by atoms with E-state index in [-0.39, 0.29) is 11.9 Å². The van der Waals surface area contributed by atoms with Gasteiger partial charge in [0.05, 0.1) is 11.6 Å². The Labute approximate surface area is 104 Å². The number of nitrogens with one attached hydrogen (secondary N) is 2. The number of carbonyl (C=O) groups is 1. The number of hydrogen-bond acceptors (Lipinski definition) is 3. The Hall–Kier alpha value is -0.610. The van der Waals surface area contributed by atoms with Gasteiger partial charge in [-0.3, -0.25) is 4.79 Å². The molecule has 1 aliphatic heterocycles. The lowest BCUT2D eigenvalue weighted by Crippen LogP contribution is -2.50. The first-order chi connectivity index (χ1) is 7.91. The lowest BCUT2D eigenvalue weighted by atomic mass is 9.94. The van der Waals surface area contributed by atoms with Gasteiger partial charge >= 0.3 is 0 Å². The summed E-state index contributed by atoms with van der Waals surface area (Å²) in [6, 6.07) is -0.0707. The van der Waals surface area contributed by atoms with Crippen molar-refractivity contribution in [3.8, 4) is 0 Å². The van der Waals surface area contributed by atoms with Crippen molar-refractivity contribution in [3.05, 3.63) is 0 Å². The summed E-state index contributed by atoms with van der Waals surface area (Å²) in [5.74, 6) is 0.448. The van der Waals surface area contributed by atoms with E-state index in [0.29, 0.717) is 18.9 Å². The lowest BCUT2D eigenvalue weighted by molar-refractivity contribution is -0.125. The van der Waals surface area contributed by atoms with E-state index >= 15 is 0 Å². The Morgan fingerprint density at radius 1 is 1.53 bits per heavy atom. The number of amides is 1. The van der Waals surface area contributed by atoms with Crippen LogP contribution in [-0.4, -0.2) is 35.7 Å². The van der Waals surface area contributed by atoms with Gasteiger partial charge < -0.3 is 15.7 Å². The fraction of sp³-hybridized carbons (Fsp3) is 0.923. The molecule has 1 rings (SSSR count). The first-order valence-corrected chi connectivity index (χ1v) is 6.64. The van der Waals surface area contributed by atoms with Crippen molar-refractivity contribution in [1.29, 1.82) is 0 Å². The van der Waals surface area contributed by atoms with Crippen LogP contribution in [-0.2, 0) is 4.79 Å². The van der Waals surface area contributed by atoms with E-state index in [4.69, 9.17) is 0 Å². The molecule has 0 aliphatic carbocycles. The SMILES string of the molecule is CC(C)CC(C)(O)CNC(=O)C1CCCCN1. The zero-order valence-electron chi connectivity index (χ0n) is 11.3. The summed E-state index contributed by atoms with van der Waals surface area (Å²) in [6.07, 6.45) is 3.85. The fourth-order valence-electron chi connectivity index (χ4n) is 2.43. The van der Waals surface area contributed by atoms with Crippen LogP contribution in [0.5, 0.6) is 0 Å². The molecule has 1 amide bonds. The summed E-state index contributed by atoms with van der Waals surface area (Å²) in [4.78, 5) is 11.8. The maximum Gasteiger partial charge on any atom is 0.237 e. The molecule has 2 unspecified atom stereocenters. The number of piperidine rings is 1. The molecule has 4 heteroatoms. The van der Waals surface area contributed by atoms with Crippen molar-refractivity contribution >= 4 is 5.91 Å². The first-order valence-electron chi connectivity index (χ1n) is 6.64. The van der Waals surface area contributed by atoms with Crippen LogP contribution in [0.15, 0.2) is 0 Å². The molecule has 0 radical (unpaired) electrons. The number of aliphatic hydroxyl groups is 1. The van der Waals surface area contributed by atoms with Gasteiger partial charge in [0.2, 0.25) is 5.91 Å². The van der Waals surface area contributed by atoms with Gasteiger partial charge in [-0.2, -0.15) is 0 Å². The first kappa shape index (κ1) is 14.5. The Bertz CT molecular complexity index is 246. The third kappa shape index (κ3) is 5.50. The Morgan fingerprint density at radius 3 is 2.76 bits per heavy atom. The number of hydrogen-bond donors (Lipinski definition) is 3. The summed E-state index contributed by atoms with van der Waals surface area (Å²) in [5.41, 5.74) is -0.807. The minimum absolute atomic E-state index is 0.0220. The van der Waals surface area contributed by atoms with Crippen molar-refractivity contribution in [2.75, 3.05) is 13.1 Å². The van der Waals surface area contributed by atoms with Crippen molar-refractivity contribution in [2.24, 2.45) is 5.92 Å². The third-order valence-electron chi connectivity index (χ3n) is 3.12. The predicted octanol–water partition coefficient (Wildman–Crippen LogP) is 1.04. The quantitative estimate of drug-likeness (QED) is 0.675. The predicted molar refractivity (Wildman–Crippen MR) is 68.7 cm³/mol. The van der Waals surface area contributed by atoms with Crippen LogP contribution in [0.4, 0.5) is 0 Å². The van der Waals surface area contributed by atoms with E-state index in [2.05, 4.69) is 24.5 Å². The molecule has 3 N–H and O–H groups in total. The highest BCUT2D eigenvalue weighted by Crippen LogP contribution is 2.15. The highest BCUT2D eigenvalue weighted by atomic mass is 16.3. The van der Waals surface area contributed by atoms with E-state index < -0.39 is 5.60 Å². The van der Waals surface area contributed by atoms with Gasteiger partial charge in [0.1, 0.15) is 0 Å². The van der Waals surface area contributed by atoms with Crippen molar-refractivity contribution in [2.45, 2.75) is 58.1 Å². The molecule has 17 heavy (non-hydrogen) atoms. The van der Waals surface area contributed by atoms with Gasteiger partial charge in [-0.15, -0.1) is 0 Å². The molecule has 1 saturated heterocycles. The third-order valence-corrected chi connectivity index (χ3v) is 3.12. The van der Waals surface area contributed by atoms with Crippen LogP contribution >= 0.6 is 0 Å². The zero-order chi connectivity index (χ0) is 12.9. The Morgan fingerprint density at radius 2 is 2.24 bits per heavy atom. The van der Waals surface area contributed by atoms with Gasteiger partial charge in [0.25, 0.3) is 0 Å². The van der Waals surface area contributed by atoms with Gasteiger partial charge in [-0.1, -0.05) is 20.3 Å². The zero-order valence-corrected chi connectivity index (χ0v) is 11.3. The molecule has 0 bridgehead atoms. The molecule has 0 aromatic rings. The normalized spacial score (nSPS) is 24.4. The minimum atomic E-state index is -0.807. The topological polar surface area (TPSA) is 61.4 Å². The molecule has 0 saturated carbocycles. The molecule has 0 spiro atoms. The van der Waals surface area contributed by atoms with Crippen molar-refractivity contribution < 1.29 is 9.90 Å². The van der Waals surface area contributed by atoms with Crippen molar-refractivity contribution in [1.82, 2.24) is 10.6 Å². The largest absolute Gasteiger partial charge is 0.388 e. The van der Waals surface area contributed by atoms with E-state index in [0.717, 1.165) is 25.8 Å². The van der Waals surface area contributed by atoms with Gasteiger partial charge in [-0.25, -0.2) is 0 Å². The Balaban J connectivity index is 2.31. The second-order valence-electron chi connectivity index (χ2n) is 5.82. The molecule has 2 atom stereocenters. The summed E-state index contributed by atoms with van der Waals surface area (Å²) in [5, 5.41) is 16.1. The molecular weight excluding hydrogens is 216 g/mol. The summed E-state index contributed by atoms with van der Waals surface area (Å²) in [7, 11) is 0.